The summed E-state index contributed by atoms with van der Waals surface area (Å²) in [6, 6.07) is 19.7. The largest absolute Gasteiger partial charge is 0.497 e. The van der Waals surface area contributed by atoms with E-state index in [0.717, 1.165) is 63.8 Å². The molecule has 1 aliphatic heterocycles. The number of aryl methyl sites for hydroxylation is 1. The van der Waals surface area contributed by atoms with Crippen LogP contribution in [0.1, 0.15) is 62.5 Å². The first-order valence-corrected chi connectivity index (χ1v) is 13.1. The van der Waals surface area contributed by atoms with Crippen molar-refractivity contribution in [2.45, 2.75) is 69.2 Å². The highest BCUT2D eigenvalue weighted by Gasteiger charge is 2.48. The van der Waals surface area contributed by atoms with E-state index < -0.39 is 0 Å². The number of methoxy groups -OCH3 is 1. The van der Waals surface area contributed by atoms with E-state index >= 15 is 0 Å². The van der Waals surface area contributed by atoms with Crippen molar-refractivity contribution in [3.8, 4) is 5.75 Å². The average molecular weight is 463 g/mol. The van der Waals surface area contributed by atoms with Crippen molar-refractivity contribution in [1.82, 2.24) is 9.80 Å². The molecule has 0 unspecified atom stereocenters. The minimum absolute atomic E-state index is 0.133. The van der Waals surface area contributed by atoms with Gasteiger partial charge in [-0.25, -0.2) is 0 Å². The molecule has 4 heteroatoms. The van der Waals surface area contributed by atoms with Crippen LogP contribution >= 0.6 is 0 Å². The summed E-state index contributed by atoms with van der Waals surface area (Å²) in [5.41, 5.74) is 2.92. The number of carbonyl (C=O) groups is 1. The SMILES string of the molecule is COc1cccc([C@@]23CCN(C)C[C@H]2CC[C@@H](N(C)C(=O)CCCCCc2ccccc2)C3)c1. The number of amides is 1. The van der Waals surface area contributed by atoms with Crippen molar-refractivity contribution in [2.24, 2.45) is 5.92 Å². The molecule has 0 spiro atoms. The standard InChI is InChI=1S/C30H42N2O2/c1-31-20-19-30(25-14-10-15-28(21-25)34-3)22-27(18-17-26(30)23-31)32(2)29(33)16-9-5-8-13-24-11-6-4-7-12-24/h4,6-7,10-12,14-15,21,26-27H,5,8-9,13,16-20,22-23H2,1-3H3/t26-,27-,30+/m1/s1. The Kier molecular flexibility index (Phi) is 8.31. The number of carbonyl (C=O) groups excluding carboxylic acids is 1. The van der Waals surface area contributed by atoms with Gasteiger partial charge in [-0.2, -0.15) is 0 Å². The van der Waals surface area contributed by atoms with Gasteiger partial charge < -0.3 is 14.5 Å². The molecular formula is C30H42N2O2. The minimum Gasteiger partial charge on any atom is -0.497 e. The van der Waals surface area contributed by atoms with Gasteiger partial charge in [-0.3, -0.25) is 4.79 Å². The van der Waals surface area contributed by atoms with Crippen LogP contribution in [0.15, 0.2) is 54.6 Å². The summed E-state index contributed by atoms with van der Waals surface area (Å²) in [6.45, 7) is 2.25. The summed E-state index contributed by atoms with van der Waals surface area (Å²) in [5.74, 6) is 1.89. The maximum absolute atomic E-state index is 13.1. The molecule has 3 atom stereocenters. The molecule has 1 heterocycles. The Hall–Kier alpha value is -2.33. The highest BCUT2D eigenvalue weighted by molar-refractivity contribution is 5.76. The van der Waals surface area contributed by atoms with Crippen LogP contribution in [0.5, 0.6) is 5.75 Å². The third-order valence-corrected chi connectivity index (χ3v) is 8.49. The fourth-order valence-corrected chi connectivity index (χ4v) is 6.36. The van der Waals surface area contributed by atoms with Gasteiger partial charge in [0.15, 0.2) is 0 Å². The predicted octanol–water partition coefficient (Wildman–Crippen LogP) is 5.70. The number of likely N-dealkylation sites (tertiary alicyclic amines) is 1. The van der Waals surface area contributed by atoms with Crippen LogP contribution in [0, 0.1) is 5.92 Å². The van der Waals surface area contributed by atoms with Gasteiger partial charge in [-0.15, -0.1) is 0 Å². The number of benzene rings is 2. The Labute approximate surface area is 206 Å². The van der Waals surface area contributed by atoms with E-state index in [1.165, 1.54) is 17.5 Å². The Morgan fingerprint density at radius 3 is 2.71 bits per heavy atom. The minimum atomic E-state index is 0.133. The van der Waals surface area contributed by atoms with Crippen LogP contribution in [0.3, 0.4) is 0 Å². The van der Waals surface area contributed by atoms with Crippen LogP contribution in [0.25, 0.3) is 0 Å². The lowest BCUT2D eigenvalue weighted by Gasteiger charge is -2.53. The molecule has 2 aromatic carbocycles. The summed E-state index contributed by atoms with van der Waals surface area (Å²) in [7, 11) is 6.04. The molecule has 1 amide bonds. The second kappa shape index (κ2) is 11.4. The van der Waals surface area contributed by atoms with Crippen LogP contribution in [0.2, 0.25) is 0 Å². The molecule has 34 heavy (non-hydrogen) atoms. The number of ether oxygens (including phenoxy) is 1. The maximum Gasteiger partial charge on any atom is 0.222 e. The fraction of sp³-hybridized carbons (Fsp3) is 0.567. The molecule has 0 aromatic heterocycles. The van der Waals surface area contributed by atoms with E-state index in [2.05, 4.69) is 65.4 Å². The van der Waals surface area contributed by atoms with E-state index in [9.17, 15) is 4.79 Å². The average Bonchev–Trinajstić information content (AvgIpc) is 2.88. The van der Waals surface area contributed by atoms with E-state index in [4.69, 9.17) is 4.74 Å². The topological polar surface area (TPSA) is 32.8 Å². The normalized spacial score (nSPS) is 24.9. The molecule has 4 rings (SSSR count). The number of hydrogen-bond acceptors (Lipinski definition) is 3. The van der Waals surface area contributed by atoms with E-state index in [1.807, 2.05) is 13.1 Å². The summed E-state index contributed by atoms with van der Waals surface area (Å²) in [4.78, 5) is 17.7. The second-order valence-corrected chi connectivity index (χ2v) is 10.6. The fourth-order valence-electron chi connectivity index (χ4n) is 6.36. The first-order valence-electron chi connectivity index (χ1n) is 13.1. The van der Waals surface area contributed by atoms with Crippen LogP contribution in [0.4, 0.5) is 0 Å². The number of piperidine rings is 1. The van der Waals surface area contributed by atoms with Crippen LogP contribution in [-0.2, 0) is 16.6 Å². The Morgan fingerprint density at radius 2 is 1.91 bits per heavy atom. The van der Waals surface area contributed by atoms with Gasteiger partial charge in [0.1, 0.15) is 5.75 Å². The summed E-state index contributed by atoms with van der Waals surface area (Å²) >= 11 is 0. The molecule has 1 aliphatic carbocycles. The molecule has 4 nitrogen and oxygen atoms in total. The van der Waals surface area contributed by atoms with Gasteiger partial charge in [0.05, 0.1) is 7.11 Å². The quantitative estimate of drug-likeness (QED) is 0.448. The van der Waals surface area contributed by atoms with E-state index in [0.29, 0.717) is 24.3 Å². The van der Waals surface area contributed by atoms with E-state index in [-0.39, 0.29) is 5.41 Å². The molecule has 1 saturated heterocycles. The molecule has 2 aliphatic rings. The number of rotatable bonds is 9. The lowest BCUT2D eigenvalue weighted by atomic mass is 9.58. The van der Waals surface area contributed by atoms with E-state index in [1.54, 1.807) is 7.11 Å². The van der Waals surface area contributed by atoms with Gasteiger partial charge in [-0.05, 0) is 87.7 Å². The summed E-state index contributed by atoms with van der Waals surface area (Å²) in [6.07, 6.45) is 9.53. The maximum atomic E-state index is 13.1. The predicted molar refractivity (Wildman–Crippen MR) is 139 cm³/mol. The lowest BCUT2D eigenvalue weighted by molar-refractivity contribution is -0.133. The Balaban J connectivity index is 1.36. The van der Waals surface area contributed by atoms with Gasteiger partial charge in [0.25, 0.3) is 0 Å². The zero-order chi connectivity index (χ0) is 24.0. The highest BCUT2D eigenvalue weighted by atomic mass is 16.5. The molecule has 0 radical (unpaired) electrons. The third kappa shape index (κ3) is 5.66. The molecule has 1 saturated carbocycles. The highest BCUT2D eigenvalue weighted by Crippen LogP contribution is 2.50. The number of fused-ring (bicyclic) bond motifs is 1. The summed E-state index contributed by atoms with van der Waals surface area (Å²) < 4.78 is 5.57. The summed E-state index contributed by atoms with van der Waals surface area (Å²) in [5, 5.41) is 0. The van der Waals surface area contributed by atoms with Crippen molar-refractivity contribution in [3.05, 3.63) is 65.7 Å². The molecule has 2 fully saturated rings. The zero-order valence-electron chi connectivity index (χ0n) is 21.3. The Bertz CT molecular complexity index is 930. The number of nitrogens with zero attached hydrogens (tertiary/aromatic N) is 2. The number of unbranched alkanes of at least 4 members (excludes halogenated alkanes) is 2. The molecule has 0 N–H and O–H groups in total. The first-order chi connectivity index (χ1) is 16.5. The van der Waals surface area contributed by atoms with Crippen LogP contribution in [-0.4, -0.2) is 56.0 Å². The second-order valence-electron chi connectivity index (χ2n) is 10.6. The number of hydrogen-bond donors (Lipinski definition) is 0. The monoisotopic (exact) mass is 462 g/mol. The van der Waals surface area contributed by atoms with Gasteiger partial charge in [-0.1, -0.05) is 48.9 Å². The lowest BCUT2D eigenvalue weighted by Crippen LogP contribution is -2.55. The van der Waals surface area contributed by atoms with Crippen molar-refractivity contribution in [1.29, 1.82) is 0 Å². The van der Waals surface area contributed by atoms with Crippen molar-refractivity contribution < 1.29 is 9.53 Å². The van der Waals surface area contributed by atoms with Crippen molar-refractivity contribution in [2.75, 3.05) is 34.3 Å². The smallest absolute Gasteiger partial charge is 0.222 e. The first kappa shape index (κ1) is 24.8. The van der Waals surface area contributed by atoms with Gasteiger partial charge in [0.2, 0.25) is 5.91 Å². The van der Waals surface area contributed by atoms with Gasteiger partial charge >= 0.3 is 0 Å². The molecular weight excluding hydrogens is 420 g/mol. The van der Waals surface area contributed by atoms with Crippen LogP contribution < -0.4 is 4.74 Å². The Morgan fingerprint density at radius 1 is 1.09 bits per heavy atom. The van der Waals surface area contributed by atoms with Crippen molar-refractivity contribution in [3.63, 3.8) is 0 Å². The molecule has 2 aromatic rings. The molecule has 184 valence electrons. The van der Waals surface area contributed by atoms with Crippen molar-refractivity contribution >= 4 is 5.91 Å². The zero-order valence-corrected chi connectivity index (χ0v) is 21.3. The molecule has 0 bridgehead atoms. The van der Waals surface area contributed by atoms with Gasteiger partial charge in [0, 0.05) is 31.5 Å². The third-order valence-electron chi connectivity index (χ3n) is 8.49.